The van der Waals surface area contributed by atoms with Crippen molar-refractivity contribution in [2.75, 3.05) is 57.8 Å². The molecule has 0 aromatic carbocycles. The van der Waals surface area contributed by atoms with E-state index in [0.717, 1.165) is 51.6 Å². The highest BCUT2D eigenvalue weighted by atomic mass is 35.5. The maximum atomic E-state index is 12.2. The van der Waals surface area contributed by atoms with Gasteiger partial charge < -0.3 is 20.4 Å². The Morgan fingerprint density at radius 2 is 2.00 bits per heavy atom. The fourth-order valence-corrected chi connectivity index (χ4v) is 2.60. The lowest BCUT2D eigenvalue weighted by Crippen LogP contribution is -2.48. The highest BCUT2D eigenvalue weighted by Gasteiger charge is 2.19. The number of nitrogens with zero attached hydrogens (tertiary/aromatic N) is 3. The molecule has 0 aliphatic carbocycles. The first-order valence-electron chi connectivity index (χ1n) is 7.61. The van der Waals surface area contributed by atoms with E-state index in [1.165, 1.54) is 0 Å². The fraction of sp³-hybridized carbons (Fsp3) is 0.600. The van der Waals surface area contributed by atoms with Crippen LogP contribution >= 0.6 is 24.8 Å². The molecule has 1 amide bonds. The van der Waals surface area contributed by atoms with Crippen LogP contribution in [-0.2, 0) is 0 Å². The topological polar surface area (TPSA) is 60.5 Å². The zero-order valence-electron chi connectivity index (χ0n) is 13.3. The Bertz CT molecular complexity index is 504. The van der Waals surface area contributed by atoms with E-state index in [1.54, 1.807) is 12.3 Å². The van der Waals surface area contributed by atoms with E-state index < -0.39 is 0 Å². The number of aromatic nitrogens is 1. The molecule has 0 unspecified atom stereocenters. The molecule has 0 atom stereocenters. The number of carbonyl (C=O) groups is 1. The molecular weight excluding hydrogens is 337 g/mol. The third kappa shape index (κ3) is 5.21. The van der Waals surface area contributed by atoms with Crippen LogP contribution in [0.4, 0.5) is 5.82 Å². The summed E-state index contributed by atoms with van der Waals surface area (Å²) in [6.45, 7) is 6.74. The first-order valence-corrected chi connectivity index (χ1v) is 7.61. The van der Waals surface area contributed by atoms with Gasteiger partial charge in [-0.1, -0.05) is 0 Å². The SMILES string of the molecule is CN1CCN(c2cc(C(=O)NCC3CNC3)ccn2)CC1.Cl.Cl. The summed E-state index contributed by atoms with van der Waals surface area (Å²) < 4.78 is 0. The van der Waals surface area contributed by atoms with Crippen LogP contribution in [0.2, 0.25) is 0 Å². The van der Waals surface area contributed by atoms with Crippen molar-refractivity contribution in [3.63, 3.8) is 0 Å². The van der Waals surface area contributed by atoms with Crippen molar-refractivity contribution in [3.8, 4) is 0 Å². The first kappa shape index (κ1) is 20.0. The zero-order valence-corrected chi connectivity index (χ0v) is 15.0. The molecule has 130 valence electrons. The van der Waals surface area contributed by atoms with E-state index >= 15 is 0 Å². The van der Waals surface area contributed by atoms with Gasteiger partial charge in [-0.15, -0.1) is 24.8 Å². The number of hydrogen-bond donors (Lipinski definition) is 2. The average molecular weight is 362 g/mol. The number of amides is 1. The summed E-state index contributed by atoms with van der Waals surface area (Å²) >= 11 is 0. The van der Waals surface area contributed by atoms with Crippen LogP contribution < -0.4 is 15.5 Å². The molecule has 2 N–H and O–H groups in total. The maximum Gasteiger partial charge on any atom is 0.251 e. The van der Waals surface area contributed by atoms with Gasteiger partial charge in [0.05, 0.1) is 0 Å². The van der Waals surface area contributed by atoms with Gasteiger partial charge >= 0.3 is 0 Å². The molecule has 1 aromatic heterocycles. The number of hydrogen-bond acceptors (Lipinski definition) is 5. The smallest absolute Gasteiger partial charge is 0.251 e. The highest BCUT2D eigenvalue weighted by Crippen LogP contribution is 2.15. The quantitative estimate of drug-likeness (QED) is 0.823. The first-order chi connectivity index (χ1) is 10.2. The third-order valence-corrected chi connectivity index (χ3v) is 4.25. The second-order valence-corrected chi connectivity index (χ2v) is 5.93. The van der Waals surface area contributed by atoms with E-state index in [2.05, 4.69) is 32.5 Å². The Labute approximate surface area is 149 Å². The van der Waals surface area contributed by atoms with Gasteiger partial charge in [-0.3, -0.25) is 4.79 Å². The Morgan fingerprint density at radius 3 is 2.61 bits per heavy atom. The molecule has 0 spiro atoms. The summed E-state index contributed by atoms with van der Waals surface area (Å²) in [5, 5.41) is 6.21. The Morgan fingerprint density at radius 1 is 1.30 bits per heavy atom. The second kappa shape index (κ2) is 9.27. The maximum absolute atomic E-state index is 12.2. The molecule has 2 aliphatic rings. The minimum Gasteiger partial charge on any atom is -0.354 e. The molecule has 3 heterocycles. The summed E-state index contributed by atoms with van der Waals surface area (Å²) in [7, 11) is 2.13. The van der Waals surface area contributed by atoms with Gasteiger partial charge in [-0.25, -0.2) is 4.98 Å². The van der Waals surface area contributed by atoms with E-state index in [4.69, 9.17) is 0 Å². The van der Waals surface area contributed by atoms with E-state index in [1.807, 2.05) is 6.07 Å². The van der Waals surface area contributed by atoms with Crippen molar-refractivity contribution >= 4 is 36.5 Å². The predicted molar refractivity (Wildman–Crippen MR) is 97.1 cm³/mol. The van der Waals surface area contributed by atoms with Gasteiger partial charge in [0.2, 0.25) is 0 Å². The van der Waals surface area contributed by atoms with E-state index in [9.17, 15) is 4.79 Å². The summed E-state index contributed by atoms with van der Waals surface area (Å²) in [4.78, 5) is 21.1. The van der Waals surface area contributed by atoms with Crippen LogP contribution in [0.5, 0.6) is 0 Å². The largest absolute Gasteiger partial charge is 0.354 e. The zero-order chi connectivity index (χ0) is 14.7. The Balaban J connectivity index is 0.00000132. The number of carbonyl (C=O) groups excluding carboxylic acids is 1. The predicted octanol–water partition coefficient (Wildman–Crippen LogP) is 0.626. The Kier molecular flexibility index (Phi) is 8.05. The third-order valence-electron chi connectivity index (χ3n) is 4.25. The second-order valence-electron chi connectivity index (χ2n) is 5.93. The van der Waals surface area contributed by atoms with Gasteiger partial charge in [0.15, 0.2) is 0 Å². The van der Waals surface area contributed by atoms with Crippen molar-refractivity contribution in [3.05, 3.63) is 23.9 Å². The van der Waals surface area contributed by atoms with Crippen molar-refractivity contribution in [1.82, 2.24) is 20.5 Å². The number of anilines is 1. The van der Waals surface area contributed by atoms with Gasteiger partial charge in [-0.05, 0) is 19.2 Å². The minimum atomic E-state index is -0.000299. The molecule has 2 fully saturated rings. The standard InChI is InChI=1S/C15H23N5O.2ClH/c1-19-4-6-20(7-5-19)14-8-13(2-3-17-14)15(21)18-11-12-9-16-10-12;;/h2-3,8,12,16H,4-7,9-11H2,1H3,(H,18,21);2*1H. The number of pyridine rings is 1. The number of halogens is 2. The van der Waals surface area contributed by atoms with Gasteiger partial charge in [0.1, 0.15) is 5.82 Å². The van der Waals surface area contributed by atoms with Crippen LogP contribution in [-0.4, -0.2) is 68.7 Å². The number of piperazine rings is 1. The molecule has 0 bridgehead atoms. The number of rotatable bonds is 4. The van der Waals surface area contributed by atoms with Crippen molar-refractivity contribution in [2.24, 2.45) is 5.92 Å². The fourth-order valence-electron chi connectivity index (χ4n) is 2.60. The molecule has 3 rings (SSSR count). The molecule has 1 aromatic rings. The number of nitrogens with one attached hydrogen (secondary N) is 2. The van der Waals surface area contributed by atoms with Gasteiger partial charge in [0.25, 0.3) is 5.91 Å². The average Bonchev–Trinajstić information content (AvgIpc) is 2.46. The lowest BCUT2D eigenvalue weighted by Gasteiger charge is -2.33. The molecule has 23 heavy (non-hydrogen) atoms. The van der Waals surface area contributed by atoms with Crippen LogP contribution in [0, 0.1) is 5.92 Å². The van der Waals surface area contributed by atoms with Crippen LogP contribution in [0.25, 0.3) is 0 Å². The lowest BCUT2D eigenvalue weighted by molar-refractivity contribution is 0.0942. The monoisotopic (exact) mass is 361 g/mol. The summed E-state index contributed by atoms with van der Waals surface area (Å²) in [6.07, 6.45) is 1.73. The molecule has 2 aliphatic heterocycles. The lowest BCUT2D eigenvalue weighted by atomic mass is 10.0. The van der Waals surface area contributed by atoms with Crippen molar-refractivity contribution in [1.29, 1.82) is 0 Å². The van der Waals surface area contributed by atoms with E-state index in [-0.39, 0.29) is 30.7 Å². The molecule has 0 saturated carbocycles. The van der Waals surface area contributed by atoms with Crippen molar-refractivity contribution < 1.29 is 4.79 Å². The molecule has 0 radical (unpaired) electrons. The molecule has 2 saturated heterocycles. The number of likely N-dealkylation sites (N-methyl/N-ethyl adjacent to an activating group) is 1. The molecule has 8 heteroatoms. The van der Waals surface area contributed by atoms with Gasteiger partial charge in [0, 0.05) is 63.5 Å². The van der Waals surface area contributed by atoms with Crippen LogP contribution in [0.3, 0.4) is 0 Å². The van der Waals surface area contributed by atoms with Crippen molar-refractivity contribution in [2.45, 2.75) is 0 Å². The van der Waals surface area contributed by atoms with E-state index in [0.29, 0.717) is 11.5 Å². The summed E-state index contributed by atoms with van der Waals surface area (Å²) in [5.74, 6) is 1.48. The van der Waals surface area contributed by atoms with Crippen LogP contribution in [0.1, 0.15) is 10.4 Å². The normalized spacial score (nSPS) is 18.4. The minimum absolute atomic E-state index is 0. The summed E-state index contributed by atoms with van der Waals surface area (Å²) in [6, 6.07) is 3.69. The highest BCUT2D eigenvalue weighted by molar-refractivity contribution is 5.94. The Hall–Kier alpha value is -1.08. The molecule has 6 nitrogen and oxygen atoms in total. The van der Waals surface area contributed by atoms with Gasteiger partial charge in [-0.2, -0.15) is 0 Å². The summed E-state index contributed by atoms with van der Waals surface area (Å²) in [5.41, 5.74) is 0.700. The van der Waals surface area contributed by atoms with Crippen LogP contribution in [0.15, 0.2) is 18.3 Å². The molecular formula is C15H25Cl2N5O.